The van der Waals surface area contributed by atoms with Crippen LogP contribution in [0, 0.1) is 0 Å². The maximum atomic E-state index is 12.6. The fourth-order valence-electron chi connectivity index (χ4n) is 2.32. The average Bonchev–Trinajstić information content (AvgIpc) is 2.69. The number of para-hydroxylation sites is 1. The first-order valence-corrected chi connectivity index (χ1v) is 8.54. The molecule has 0 radical (unpaired) electrons. The highest BCUT2D eigenvalue weighted by molar-refractivity contribution is 5.92. The summed E-state index contributed by atoms with van der Waals surface area (Å²) in [5.74, 6) is -0.579. The molecule has 0 heterocycles. The Balaban J connectivity index is 1.94. The second-order valence-corrected chi connectivity index (χ2v) is 5.86. The lowest BCUT2D eigenvalue weighted by Gasteiger charge is -2.12. The topological polar surface area (TPSA) is 56.8 Å². The van der Waals surface area contributed by atoms with Gasteiger partial charge in [0.25, 0.3) is 0 Å². The summed E-state index contributed by atoms with van der Waals surface area (Å²) in [6, 6.07) is 10.2. The van der Waals surface area contributed by atoms with Gasteiger partial charge in [0.15, 0.2) is 18.1 Å². The van der Waals surface area contributed by atoms with Gasteiger partial charge < -0.3 is 19.5 Å². The molecule has 1 N–H and O–H groups in total. The molecule has 0 fully saturated rings. The molecule has 0 bridgehead atoms. The molecule has 0 aliphatic carbocycles. The van der Waals surface area contributed by atoms with E-state index in [1.807, 2.05) is 0 Å². The third-order valence-corrected chi connectivity index (χ3v) is 3.64. The molecule has 0 spiro atoms. The summed E-state index contributed by atoms with van der Waals surface area (Å²) in [5, 5.41) is 2.57. The number of benzene rings is 2. The fourth-order valence-corrected chi connectivity index (χ4v) is 2.32. The van der Waals surface area contributed by atoms with Crippen LogP contribution >= 0.6 is 0 Å². The van der Waals surface area contributed by atoms with Crippen molar-refractivity contribution in [2.24, 2.45) is 0 Å². The minimum Gasteiger partial charge on any atom is -0.493 e. The van der Waals surface area contributed by atoms with Crippen LogP contribution in [0.25, 0.3) is 6.08 Å². The van der Waals surface area contributed by atoms with Gasteiger partial charge in [-0.25, -0.2) is 0 Å². The minimum absolute atomic E-state index is 0.0480. The van der Waals surface area contributed by atoms with Gasteiger partial charge in [0, 0.05) is 18.2 Å². The van der Waals surface area contributed by atoms with Crippen molar-refractivity contribution in [3.05, 3.63) is 59.7 Å². The van der Waals surface area contributed by atoms with Gasteiger partial charge in [-0.15, -0.1) is 0 Å². The predicted molar refractivity (Wildman–Crippen MR) is 98.5 cm³/mol. The van der Waals surface area contributed by atoms with Gasteiger partial charge in [-0.05, 0) is 29.8 Å². The molecule has 2 aromatic rings. The van der Waals surface area contributed by atoms with Crippen molar-refractivity contribution in [2.75, 3.05) is 13.7 Å². The molecule has 30 heavy (non-hydrogen) atoms. The standard InChI is InChI=1S/C20H18F5NO4/c1-28-16-4-2-3-14(18(16)30-19(21)22)7-10-17(27)26-11-13-5-8-15(9-6-13)29-12-20(23,24)25/h2-10,19H,11-12H2,1H3,(H,26,27)/b10-7+. The highest BCUT2D eigenvalue weighted by Crippen LogP contribution is 2.33. The molecule has 0 aliphatic rings. The molecule has 162 valence electrons. The number of nitrogens with one attached hydrogen (secondary N) is 1. The first-order chi connectivity index (χ1) is 14.2. The molecule has 0 saturated heterocycles. The Bertz CT molecular complexity index is 866. The van der Waals surface area contributed by atoms with E-state index in [4.69, 9.17) is 4.74 Å². The number of carbonyl (C=O) groups is 1. The average molecular weight is 431 g/mol. The summed E-state index contributed by atoms with van der Waals surface area (Å²) in [5.41, 5.74) is 0.843. The van der Waals surface area contributed by atoms with Crippen LogP contribution < -0.4 is 19.5 Å². The Labute approximate surface area is 169 Å². The monoisotopic (exact) mass is 431 g/mol. The number of methoxy groups -OCH3 is 1. The molecule has 0 atom stereocenters. The minimum atomic E-state index is -4.43. The highest BCUT2D eigenvalue weighted by atomic mass is 19.4. The Morgan fingerprint density at radius 3 is 2.43 bits per heavy atom. The SMILES string of the molecule is COc1cccc(/C=C/C(=O)NCc2ccc(OCC(F)(F)F)cc2)c1OC(F)F. The molecule has 10 heteroatoms. The summed E-state index contributed by atoms with van der Waals surface area (Å²) in [6.07, 6.45) is -2.00. The van der Waals surface area contributed by atoms with E-state index in [2.05, 4.69) is 14.8 Å². The van der Waals surface area contributed by atoms with Crippen LogP contribution in [-0.4, -0.2) is 32.4 Å². The van der Waals surface area contributed by atoms with E-state index in [0.717, 1.165) is 6.08 Å². The summed E-state index contributed by atoms with van der Waals surface area (Å²) >= 11 is 0. The smallest absolute Gasteiger partial charge is 0.422 e. The van der Waals surface area contributed by atoms with E-state index in [1.165, 1.54) is 49.6 Å². The van der Waals surface area contributed by atoms with Crippen molar-refractivity contribution in [1.29, 1.82) is 0 Å². The molecule has 0 unspecified atom stereocenters. The summed E-state index contributed by atoms with van der Waals surface area (Å²) in [6.45, 7) is -4.36. The number of hydrogen-bond donors (Lipinski definition) is 1. The van der Waals surface area contributed by atoms with E-state index in [0.29, 0.717) is 5.56 Å². The second kappa shape index (κ2) is 10.5. The Kier molecular flexibility index (Phi) is 8.02. The quantitative estimate of drug-likeness (QED) is 0.467. The van der Waals surface area contributed by atoms with E-state index in [1.54, 1.807) is 6.07 Å². The molecule has 2 aromatic carbocycles. The molecule has 2 rings (SSSR count). The number of ether oxygens (including phenoxy) is 3. The van der Waals surface area contributed by atoms with Crippen molar-refractivity contribution in [3.63, 3.8) is 0 Å². The lowest BCUT2D eigenvalue weighted by molar-refractivity contribution is -0.153. The Morgan fingerprint density at radius 1 is 1.13 bits per heavy atom. The molecular formula is C20H18F5NO4. The normalized spacial score (nSPS) is 11.6. The maximum absolute atomic E-state index is 12.6. The second-order valence-electron chi connectivity index (χ2n) is 5.86. The first kappa shape index (κ1) is 23.0. The maximum Gasteiger partial charge on any atom is 0.422 e. The molecular weight excluding hydrogens is 413 g/mol. The van der Waals surface area contributed by atoms with Crippen molar-refractivity contribution < 1.29 is 41.0 Å². The van der Waals surface area contributed by atoms with Crippen molar-refractivity contribution >= 4 is 12.0 Å². The Morgan fingerprint density at radius 2 is 1.83 bits per heavy atom. The third kappa shape index (κ3) is 7.61. The summed E-state index contributed by atoms with van der Waals surface area (Å²) in [4.78, 5) is 12.0. The van der Waals surface area contributed by atoms with Gasteiger partial charge in [-0.3, -0.25) is 4.79 Å². The first-order valence-electron chi connectivity index (χ1n) is 8.54. The van der Waals surface area contributed by atoms with Gasteiger partial charge in [0.1, 0.15) is 5.75 Å². The molecule has 0 aliphatic heterocycles. The van der Waals surface area contributed by atoms with Crippen molar-refractivity contribution in [2.45, 2.75) is 19.3 Å². The summed E-state index contributed by atoms with van der Waals surface area (Å²) in [7, 11) is 1.30. The number of halogens is 5. The fraction of sp³-hybridized carbons (Fsp3) is 0.250. The molecule has 0 saturated carbocycles. The van der Waals surface area contributed by atoms with Gasteiger partial charge >= 0.3 is 12.8 Å². The van der Waals surface area contributed by atoms with E-state index < -0.39 is 25.3 Å². The van der Waals surface area contributed by atoms with Gasteiger partial charge in [-0.2, -0.15) is 22.0 Å². The zero-order valence-corrected chi connectivity index (χ0v) is 15.7. The number of rotatable bonds is 9. The highest BCUT2D eigenvalue weighted by Gasteiger charge is 2.28. The van der Waals surface area contributed by atoms with Crippen LogP contribution in [0.4, 0.5) is 22.0 Å². The zero-order valence-electron chi connectivity index (χ0n) is 15.7. The van der Waals surface area contributed by atoms with Crippen LogP contribution in [0.5, 0.6) is 17.2 Å². The van der Waals surface area contributed by atoms with Gasteiger partial charge in [0.05, 0.1) is 7.11 Å². The van der Waals surface area contributed by atoms with Crippen LogP contribution in [0.2, 0.25) is 0 Å². The van der Waals surface area contributed by atoms with Gasteiger partial charge in [-0.1, -0.05) is 24.3 Å². The van der Waals surface area contributed by atoms with Crippen molar-refractivity contribution in [1.82, 2.24) is 5.32 Å². The molecule has 0 aromatic heterocycles. The number of hydrogen-bond acceptors (Lipinski definition) is 4. The van der Waals surface area contributed by atoms with Crippen LogP contribution in [0.15, 0.2) is 48.5 Å². The molecule has 5 nitrogen and oxygen atoms in total. The third-order valence-electron chi connectivity index (χ3n) is 3.64. The summed E-state index contributed by atoms with van der Waals surface area (Å²) < 4.78 is 75.6. The predicted octanol–water partition coefficient (Wildman–Crippen LogP) is 4.57. The number of amides is 1. The van der Waals surface area contributed by atoms with Crippen LogP contribution in [0.1, 0.15) is 11.1 Å². The van der Waals surface area contributed by atoms with Gasteiger partial charge in [0.2, 0.25) is 5.91 Å². The lowest BCUT2D eigenvalue weighted by Crippen LogP contribution is -2.20. The van der Waals surface area contributed by atoms with Crippen molar-refractivity contribution in [3.8, 4) is 17.2 Å². The van der Waals surface area contributed by atoms with Crippen LogP contribution in [-0.2, 0) is 11.3 Å². The van der Waals surface area contributed by atoms with E-state index in [9.17, 15) is 26.7 Å². The van der Waals surface area contributed by atoms with E-state index in [-0.39, 0.29) is 29.4 Å². The van der Waals surface area contributed by atoms with Crippen LogP contribution in [0.3, 0.4) is 0 Å². The molecule has 1 amide bonds. The van der Waals surface area contributed by atoms with E-state index >= 15 is 0 Å². The number of alkyl halides is 5. The number of carbonyl (C=O) groups excluding carboxylic acids is 1. The largest absolute Gasteiger partial charge is 0.493 e. The lowest BCUT2D eigenvalue weighted by atomic mass is 10.1. The Hall–Kier alpha value is -3.30. The zero-order chi connectivity index (χ0) is 22.1.